The molecule has 0 unspecified atom stereocenters. The van der Waals surface area contributed by atoms with Crippen molar-refractivity contribution < 1.29 is 9.13 Å². The van der Waals surface area contributed by atoms with Crippen molar-refractivity contribution in [3.8, 4) is 17.6 Å². The predicted molar refractivity (Wildman–Crippen MR) is 72.6 cm³/mol. The number of aromatic nitrogens is 1. The van der Waals surface area contributed by atoms with E-state index in [1.807, 2.05) is 6.07 Å². The fraction of sp³-hybridized carbons (Fsp3) is 0.143. The van der Waals surface area contributed by atoms with Gasteiger partial charge in [-0.25, -0.2) is 4.39 Å². The zero-order valence-electron chi connectivity index (χ0n) is 10.4. The van der Waals surface area contributed by atoms with Gasteiger partial charge >= 0.3 is 0 Å². The molecular formula is C14H10BrFN2O. The Morgan fingerprint density at radius 3 is 2.68 bits per heavy atom. The molecule has 3 nitrogen and oxygen atoms in total. The van der Waals surface area contributed by atoms with E-state index in [4.69, 9.17) is 10.00 Å². The van der Waals surface area contributed by atoms with Gasteiger partial charge in [0, 0.05) is 16.2 Å². The highest BCUT2D eigenvalue weighted by Crippen LogP contribution is 2.30. The third-order valence-corrected chi connectivity index (χ3v) is 3.01. The molecule has 2 rings (SSSR count). The number of nitriles is 1. The maximum atomic E-state index is 13.6. The van der Waals surface area contributed by atoms with Gasteiger partial charge in [-0.3, -0.25) is 4.98 Å². The average molecular weight is 321 g/mol. The summed E-state index contributed by atoms with van der Waals surface area (Å²) in [5.41, 5.74) is 1.58. The zero-order chi connectivity index (χ0) is 14.0. The molecule has 0 fully saturated rings. The lowest BCUT2D eigenvalue weighted by molar-refractivity contribution is 0.439. The van der Waals surface area contributed by atoms with E-state index in [9.17, 15) is 4.39 Å². The van der Waals surface area contributed by atoms with Gasteiger partial charge < -0.3 is 4.74 Å². The number of ether oxygens (including phenoxy) is 1. The van der Waals surface area contributed by atoms with Crippen molar-refractivity contribution >= 4 is 15.9 Å². The summed E-state index contributed by atoms with van der Waals surface area (Å²) < 4.78 is 19.9. The standard InChI is InChI=1S/C14H10BrFN2O/c1-8-5-13(11(7-17)9(2)18-8)19-14-6-10(15)3-4-12(14)16/h3-6H,1-2H3. The molecular weight excluding hydrogens is 311 g/mol. The maximum absolute atomic E-state index is 13.6. The molecule has 0 aliphatic rings. The van der Waals surface area contributed by atoms with Crippen molar-refractivity contribution in [2.75, 3.05) is 0 Å². The van der Waals surface area contributed by atoms with E-state index < -0.39 is 5.82 Å². The summed E-state index contributed by atoms with van der Waals surface area (Å²) >= 11 is 3.25. The lowest BCUT2D eigenvalue weighted by atomic mass is 10.2. The van der Waals surface area contributed by atoms with Crippen LogP contribution in [0, 0.1) is 31.0 Å². The summed E-state index contributed by atoms with van der Waals surface area (Å²) in [6.45, 7) is 3.51. The molecule has 0 spiro atoms. The molecule has 0 radical (unpaired) electrons. The molecule has 2 aromatic rings. The quantitative estimate of drug-likeness (QED) is 0.830. The molecule has 1 aromatic heterocycles. The van der Waals surface area contributed by atoms with Crippen LogP contribution in [0.15, 0.2) is 28.7 Å². The predicted octanol–water partition coefficient (Wildman–Crippen LogP) is 4.26. The monoisotopic (exact) mass is 320 g/mol. The van der Waals surface area contributed by atoms with Crippen molar-refractivity contribution in [3.05, 3.63) is 51.5 Å². The minimum absolute atomic E-state index is 0.0656. The number of benzene rings is 1. The largest absolute Gasteiger partial charge is 0.453 e. The fourth-order valence-corrected chi connectivity index (χ4v) is 2.02. The van der Waals surface area contributed by atoms with E-state index in [-0.39, 0.29) is 5.75 Å². The molecule has 19 heavy (non-hydrogen) atoms. The second-order valence-corrected chi connectivity index (χ2v) is 4.93. The highest BCUT2D eigenvalue weighted by atomic mass is 79.9. The number of rotatable bonds is 2. The first-order valence-electron chi connectivity index (χ1n) is 5.52. The van der Waals surface area contributed by atoms with Gasteiger partial charge in [0.25, 0.3) is 0 Å². The Balaban J connectivity index is 2.49. The first-order valence-corrected chi connectivity index (χ1v) is 6.32. The molecule has 0 N–H and O–H groups in total. The molecule has 0 bridgehead atoms. The van der Waals surface area contributed by atoms with Crippen molar-refractivity contribution in [1.82, 2.24) is 4.98 Å². The van der Waals surface area contributed by atoms with Crippen molar-refractivity contribution in [2.45, 2.75) is 13.8 Å². The van der Waals surface area contributed by atoms with Crippen LogP contribution < -0.4 is 4.74 Å². The Hall–Kier alpha value is -1.93. The average Bonchev–Trinajstić information content (AvgIpc) is 2.33. The Morgan fingerprint density at radius 1 is 1.26 bits per heavy atom. The van der Waals surface area contributed by atoms with Crippen LogP contribution >= 0.6 is 15.9 Å². The van der Waals surface area contributed by atoms with Crippen molar-refractivity contribution in [1.29, 1.82) is 5.26 Å². The van der Waals surface area contributed by atoms with Crippen LogP contribution in [0.1, 0.15) is 17.0 Å². The van der Waals surface area contributed by atoms with E-state index in [1.54, 1.807) is 26.0 Å². The van der Waals surface area contributed by atoms with Crippen LogP contribution in [-0.4, -0.2) is 4.98 Å². The number of pyridine rings is 1. The normalized spacial score (nSPS) is 10.1. The lowest BCUT2D eigenvalue weighted by Crippen LogP contribution is -1.97. The molecule has 1 aromatic carbocycles. The second kappa shape index (κ2) is 5.37. The zero-order valence-corrected chi connectivity index (χ0v) is 12.0. The molecule has 5 heteroatoms. The van der Waals surface area contributed by atoms with Crippen LogP contribution in [-0.2, 0) is 0 Å². The molecule has 0 saturated carbocycles. The molecule has 0 aliphatic carbocycles. The Labute approximate surface area is 118 Å². The van der Waals surface area contributed by atoms with Gasteiger partial charge in [0.1, 0.15) is 17.4 Å². The van der Waals surface area contributed by atoms with Crippen LogP contribution in [0.2, 0.25) is 0 Å². The van der Waals surface area contributed by atoms with Gasteiger partial charge in [0.05, 0.1) is 5.69 Å². The van der Waals surface area contributed by atoms with Crippen LogP contribution in [0.3, 0.4) is 0 Å². The molecule has 0 aliphatic heterocycles. The Kier molecular flexibility index (Phi) is 3.82. The summed E-state index contributed by atoms with van der Waals surface area (Å²) in [6.07, 6.45) is 0. The highest BCUT2D eigenvalue weighted by molar-refractivity contribution is 9.10. The fourth-order valence-electron chi connectivity index (χ4n) is 1.68. The molecule has 0 amide bonds. The van der Waals surface area contributed by atoms with Crippen molar-refractivity contribution in [3.63, 3.8) is 0 Å². The minimum Gasteiger partial charge on any atom is -0.453 e. The van der Waals surface area contributed by atoms with E-state index in [1.165, 1.54) is 12.1 Å². The smallest absolute Gasteiger partial charge is 0.165 e. The molecule has 96 valence electrons. The van der Waals surface area contributed by atoms with Crippen LogP contribution in [0.4, 0.5) is 4.39 Å². The maximum Gasteiger partial charge on any atom is 0.165 e. The molecule has 0 saturated heterocycles. The van der Waals surface area contributed by atoms with E-state index in [0.29, 0.717) is 27.2 Å². The molecule has 0 atom stereocenters. The number of aryl methyl sites for hydroxylation is 2. The highest BCUT2D eigenvalue weighted by Gasteiger charge is 2.12. The van der Waals surface area contributed by atoms with Gasteiger partial charge in [0.15, 0.2) is 11.6 Å². The minimum atomic E-state index is -0.487. The van der Waals surface area contributed by atoms with Gasteiger partial charge in [-0.15, -0.1) is 0 Å². The lowest BCUT2D eigenvalue weighted by Gasteiger charge is -2.10. The summed E-state index contributed by atoms with van der Waals surface area (Å²) in [5.74, 6) is -0.111. The first-order chi connectivity index (χ1) is 9.01. The topological polar surface area (TPSA) is 45.9 Å². The summed E-state index contributed by atoms with van der Waals surface area (Å²) in [7, 11) is 0. The third kappa shape index (κ3) is 2.91. The van der Waals surface area contributed by atoms with E-state index in [2.05, 4.69) is 20.9 Å². The Morgan fingerprint density at radius 2 is 2.00 bits per heavy atom. The van der Waals surface area contributed by atoms with E-state index >= 15 is 0 Å². The Bertz CT molecular complexity index is 680. The number of hydrogen-bond acceptors (Lipinski definition) is 3. The summed E-state index contributed by atoms with van der Waals surface area (Å²) in [4.78, 5) is 4.18. The van der Waals surface area contributed by atoms with Crippen LogP contribution in [0.5, 0.6) is 11.5 Å². The van der Waals surface area contributed by atoms with Gasteiger partial charge in [-0.1, -0.05) is 15.9 Å². The summed E-state index contributed by atoms with van der Waals surface area (Å²) in [6, 6.07) is 8.03. The first kappa shape index (κ1) is 13.5. The summed E-state index contributed by atoms with van der Waals surface area (Å²) in [5, 5.41) is 9.12. The molecule has 1 heterocycles. The van der Waals surface area contributed by atoms with Crippen LogP contribution in [0.25, 0.3) is 0 Å². The van der Waals surface area contributed by atoms with E-state index in [0.717, 1.165) is 0 Å². The van der Waals surface area contributed by atoms with Gasteiger partial charge in [0.2, 0.25) is 0 Å². The number of nitrogens with zero attached hydrogens (tertiary/aromatic N) is 2. The SMILES string of the molecule is Cc1cc(Oc2cc(Br)ccc2F)c(C#N)c(C)n1. The van der Waals surface area contributed by atoms with Gasteiger partial charge in [-0.05, 0) is 32.0 Å². The van der Waals surface area contributed by atoms with Crippen molar-refractivity contribution in [2.24, 2.45) is 0 Å². The number of halogens is 2. The second-order valence-electron chi connectivity index (χ2n) is 4.01. The van der Waals surface area contributed by atoms with Gasteiger partial charge in [-0.2, -0.15) is 5.26 Å². The third-order valence-electron chi connectivity index (χ3n) is 2.52. The number of hydrogen-bond donors (Lipinski definition) is 0.